The lowest BCUT2D eigenvalue weighted by atomic mass is 9.65. The molecule has 0 bridgehead atoms. The van der Waals surface area contributed by atoms with E-state index >= 15 is 0 Å². The van der Waals surface area contributed by atoms with Crippen molar-refractivity contribution >= 4 is 21.5 Å². The molecule has 0 saturated heterocycles. The van der Waals surface area contributed by atoms with Gasteiger partial charge in [-0.2, -0.15) is 0 Å². The minimum Gasteiger partial charge on any atom is -0.456 e. The van der Waals surface area contributed by atoms with Gasteiger partial charge in [-0.3, -0.25) is 0 Å². The Bertz CT molecular complexity index is 3440. The summed E-state index contributed by atoms with van der Waals surface area (Å²) in [6.45, 7) is 0. The van der Waals surface area contributed by atoms with Gasteiger partial charge in [-0.15, -0.1) is 0 Å². The summed E-state index contributed by atoms with van der Waals surface area (Å²) in [5.41, 5.74) is 19.6. The summed E-state index contributed by atoms with van der Waals surface area (Å²) in [6.07, 6.45) is 0. The van der Waals surface area contributed by atoms with Gasteiger partial charge in [0, 0.05) is 16.5 Å². The van der Waals surface area contributed by atoms with Gasteiger partial charge in [-0.1, -0.05) is 188 Å². The molecule has 1 aliphatic heterocycles. The number of hydrogen-bond donors (Lipinski definition) is 0. The molecule has 2 spiro atoms. The van der Waals surface area contributed by atoms with Crippen LogP contribution in [0.2, 0.25) is 0 Å². The Kier molecular flexibility index (Phi) is 5.96. The summed E-state index contributed by atoms with van der Waals surface area (Å²) in [4.78, 5) is 0. The van der Waals surface area contributed by atoms with Crippen molar-refractivity contribution in [2.45, 2.75) is 10.8 Å². The van der Waals surface area contributed by atoms with Crippen LogP contribution >= 0.6 is 0 Å². The molecule has 0 saturated carbocycles. The standard InChI is InChI=1S/C58H34O/c1-2-16-37-35(15-1)29-32-44-42-21-8-12-26-50(42)58(55(37)44)49-25-11-7-20-41(49)43-31-30-36(33-52(43)58)46-34-53-56(45-22-4-3-17-38(45)46)59-54-28-14-13-27-51(54)57(53)47-23-9-5-18-39(47)40-19-6-10-24-48(40)57/h1-34H. The maximum Gasteiger partial charge on any atom is 0.140 e. The van der Waals surface area contributed by atoms with E-state index in [4.69, 9.17) is 4.74 Å². The molecule has 1 heteroatoms. The Balaban J connectivity index is 1.11. The second kappa shape index (κ2) is 11.1. The maximum absolute atomic E-state index is 7.11. The lowest BCUT2D eigenvalue weighted by molar-refractivity contribution is 0.442. The van der Waals surface area contributed by atoms with Crippen LogP contribution in [0.4, 0.5) is 0 Å². The Morgan fingerprint density at radius 2 is 0.780 bits per heavy atom. The van der Waals surface area contributed by atoms with E-state index in [1.54, 1.807) is 0 Å². The molecule has 0 N–H and O–H groups in total. The zero-order chi connectivity index (χ0) is 38.5. The van der Waals surface area contributed by atoms with Crippen molar-refractivity contribution in [3.8, 4) is 56.0 Å². The predicted octanol–water partition coefficient (Wildman–Crippen LogP) is 14.5. The maximum atomic E-state index is 7.11. The fourth-order valence-corrected chi connectivity index (χ4v) is 12.0. The quantitative estimate of drug-likeness (QED) is 0.163. The van der Waals surface area contributed by atoms with E-state index in [2.05, 4.69) is 206 Å². The number of rotatable bonds is 1. The molecule has 14 rings (SSSR count). The molecule has 272 valence electrons. The minimum atomic E-state index is -0.563. The van der Waals surface area contributed by atoms with Gasteiger partial charge in [0.25, 0.3) is 0 Å². The average Bonchev–Trinajstić information content (AvgIpc) is 3.89. The Morgan fingerprint density at radius 1 is 0.288 bits per heavy atom. The fourth-order valence-electron chi connectivity index (χ4n) is 12.0. The highest BCUT2D eigenvalue weighted by atomic mass is 16.5. The molecule has 1 unspecified atom stereocenters. The van der Waals surface area contributed by atoms with Gasteiger partial charge in [-0.05, 0) is 112 Å². The first-order valence-corrected chi connectivity index (χ1v) is 20.7. The van der Waals surface area contributed by atoms with Crippen LogP contribution in [0.15, 0.2) is 206 Å². The van der Waals surface area contributed by atoms with E-state index < -0.39 is 10.8 Å². The van der Waals surface area contributed by atoms with Gasteiger partial charge < -0.3 is 4.74 Å². The first-order valence-electron chi connectivity index (χ1n) is 20.7. The number of fused-ring (bicyclic) bond motifs is 23. The average molecular weight is 747 g/mol. The van der Waals surface area contributed by atoms with E-state index in [-0.39, 0.29) is 0 Å². The highest BCUT2D eigenvalue weighted by Crippen LogP contribution is 2.66. The Hall–Kier alpha value is -7.48. The molecule has 4 aliphatic rings. The first-order chi connectivity index (χ1) is 29.3. The van der Waals surface area contributed by atoms with Crippen molar-refractivity contribution in [1.82, 2.24) is 0 Å². The van der Waals surface area contributed by atoms with Crippen LogP contribution in [0.5, 0.6) is 11.5 Å². The fraction of sp³-hybridized carbons (Fsp3) is 0.0345. The molecule has 10 aromatic carbocycles. The molecule has 3 aliphatic carbocycles. The summed E-state index contributed by atoms with van der Waals surface area (Å²) >= 11 is 0. The third-order valence-electron chi connectivity index (χ3n) is 14.1. The largest absolute Gasteiger partial charge is 0.456 e. The smallest absolute Gasteiger partial charge is 0.140 e. The lowest BCUT2D eigenvalue weighted by Crippen LogP contribution is -2.32. The van der Waals surface area contributed by atoms with Crippen LogP contribution in [0.1, 0.15) is 44.5 Å². The summed E-state index contributed by atoms with van der Waals surface area (Å²) in [7, 11) is 0. The molecular weight excluding hydrogens is 713 g/mol. The third-order valence-corrected chi connectivity index (χ3v) is 14.1. The van der Waals surface area contributed by atoms with Crippen LogP contribution in [-0.4, -0.2) is 0 Å². The molecule has 1 nitrogen and oxygen atoms in total. The van der Waals surface area contributed by atoms with Crippen LogP contribution in [0.3, 0.4) is 0 Å². The van der Waals surface area contributed by atoms with Crippen molar-refractivity contribution in [1.29, 1.82) is 0 Å². The monoisotopic (exact) mass is 746 g/mol. The SMILES string of the molecule is c1ccc2c(c1)Oc1c(cc(-c3ccc4c(c3)C3(c5ccccc5-4)c4ccccc4-c4ccc5ccccc5c43)c3ccccc13)C21c2ccccc2-c2ccccc21. The molecular formula is C58H34O. The van der Waals surface area contributed by atoms with E-state index in [9.17, 15) is 0 Å². The highest BCUT2D eigenvalue weighted by Gasteiger charge is 2.54. The predicted molar refractivity (Wildman–Crippen MR) is 241 cm³/mol. The molecule has 1 heterocycles. The van der Waals surface area contributed by atoms with E-state index in [0.717, 1.165) is 16.9 Å². The topological polar surface area (TPSA) is 9.23 Å². The Labute approximate surface area is 342 Å². The summed E-state index contributed by atoms with van der Waals surface area (Å²) in [5, 5.41) is 4.88. The number of para-hydroxylation sites is 1. The van der Waals surface area contributed by atoms with Crippen molar-refractivity contribution in [3.63, 3.8) is 0 Å². The van der Waals surface area contributed by atoms with Crippen LogP contribution < -0.4 is 4.74 Å². The minimum absolute atomic E-state index is 0.481. The van der Waals surface area contributed by atoms with Gasteiger partial charge in [0.05, 0.1) is 10.8 Å². The van der Waals surface area contributed by atoms with Crippen LogP contribution in [-0.2, 0) is 10.8 Å². The Morgan fingerprint density at radius 3 is 1.46 bits per heavy atom. The van der Waals surface area contributed by atoms with Gasteiger partial charge in [0.15, 0.2) is 0 Å². The van der Waals surface area contributed by atoms with Crippen molar-refractivity contribution in [3.05, 3.63) is 251 Å². The number of hydrogen-bond acceptors (Lipinski definition) is 1. The van der Waals surface area contributed by atoms with Gasteiger partial charge in [0.1, 0.15) is 11.5 Å². The molecule has 0 aromatic heterocycles. The second-order valence-electron chi connectivity index (χ2n) is 16.6. The van der Waals surface area contributed by atoms with Crippen LogP contribution in [0, 0.1) is 0 Å². The normalized spacial score (nSPS) is 16.5. The third kappa shape index (κ3) is 3.69. The van der Waals surface area contributed by atoms with Crippen molar-refractivity contribution in [2.24, 2.45) is 0 Å². The van der Waals surface area contributed by atoms with Crippen molar-refractivity contribution in [2.75, 3.05) is 0 Å². The first kappa shape index (κ1) is 31.6. The molecule has 0 fully saturated rings. The zero-order valence-electron chi connectivity index (χ0n) is 32.0. The molecule has 1 atom stereocenters. The summed E-state index contributed by atoms with van der Waals surface area (Å²) in [5.74, 6) is 1.84. The van der Waals surface area contributed by atoms with E-state index in [0.29, 0.717) is 0 Å². The van der Waals surface area contributed by atoms with Crippen molar-refractivity contribution < 1.29 is 4.74 Å². The summed E-state index contributed by atoms with van der Waals surface area (Å²) in [6, 6.07) is 77.2. The highest BCUT2D eigenvalue weighted by molar-refractivity contribution is 6.07. The molecule has 0 radical (unpaired) electrons. The molecule has 59 heavy (non-hydrogen) atoms. The zero-order valence-corrected chi connectivity index (χ0v) is 32.0. The number of benzene rings is 10. The second-order valence-corrected chi connectivity index (χ2v) is 16.6. The van der Waals surface area contributed by atoms with Gasteiger partial charge in [-0.25, -0.2) is 0 Å². The molecule has 10 aromatic rings. The number of ether oxygens (including phenoxy) is 1. The van der Waals surface area contributed by atoms with E-state index in [1.807, 2.05) is 0 Å². The molecule has 0 amide bonds. The van der Waals surface area contributed by atoms with E-state index in [1.165, 1.54) is 105 Å². The van der Waals surface area contributed by atoms with Crippen LogP contribution in [0.25, 0.3) is 66.1 Å². The van der Waals surface area contributed by atoms with Gasteiger partial charge in [0.2, 0.25) is 0 Å². The lowest BCUT2D eigenvalue weighted by Gasteiger charge is -2.40. The van der Waals surface area contributed by atoms with Gasteiger partial charge >= 0.3 is 0 Å². The summed E-state index contributed by atoms with van der Waals surface area (Å²) < 4.78 is 7.11.